The molecular formula is C12H15ClN2. The molecule has 0 aromatic rings. The van der Waals surface area contributed by atoms with Crippen molar-refractivity contribution < 1.29 is 0 Å². The molecule has 0 fully saturated rings. The van der Waals surface area contributed by atoms with E-state index in [0.717, 1.165) is 17.7 Å². The van der Waals surface area contributed by atoms with Crippen LogP contribution in [0, 0.1) is 11.3 Å². The molecule has 0 saturated carbocycles. The van der Waals surface area contributed by atoms with Crippen LogP contribution in [-0.4, -0.2) is 6.04 Å². The average molecular weight is 223 g/mol. The molecule has 0 aliphatic heterocycles. The topological polar surface area (TPSA) is 35.8 Å². The lowest BCUT2D eigenvalue weighted by atomic mass is 10.2. The fraction of sp³-hybridized carbons (Fsp3) is 0.417. The quantitative estimate of drug-likeness (QED) is 0.796. The Morgan fingerprint density at radius 2 is 2.40 bits per heavy atom. The van der Waals surface area contributed by atoms with Gasteiger partial charge in [-0.2, -0.15) is 5.26 Å². The summed E-state index contributed by atoms with van der Waals surface area (Å²) in [6.07, 6.45) is 7.25. The zero-order chi connectivity index (χ0) is 11.3. The molecule has 2 nitrogen and oxygen atoms in total. The van der Waals surface area contributed by atoms with Crippen molar-refractivity contribution >= 4 is 11.6 Å². The van der Waals surface area contributed by atoms with Gasteiger partial charge in [-0.3, -0.25) is 0 Å². The van der Waals surface area contributed by atoms with Gasteiger partial charge in [0, 0.05) is 18.0 Å². The zero-order valence-electron chi connectivity index (χ0n) is 9.05. The fourth-order valence-electron chi connectivity index (χ4n) is 1.24. The third kappa shape index (κ3) is 3.45. The SMILES string of the molecule is CCC(C)NC1=C(Cl)C=CCC(C#N)=C1. The van der Waals surface area contributed by atoms with E-state index in [4.69, 9.17) is 16.9 Å². The Kier molecular flexibility index (Phi) is 4.45. The van der Waals surface area contributed by atoms with Gasteiger partial charge in [0.2, 0.25) is 0 Å². The number of nitrogens with zero attached hydrogens (tertiary/aromatic N) is 1. The Balaban J connectivity index is 2.91. The van der Waals surface area contributed by atoms with Gasteiger partial charge in [0.25, 0.3) is 0 Å². The molecule has 1 aliphatic rings. The van der Waals surface area contributed by atoms with Crippen LogP contribution >= 0.6 is 11.6 Å². The molecule has 15 heavy (non-hydrogen) atoms. The molecule has 0 amide bonds. The Bertz CT molecular complexity index is 358. The van der Waals surface area contributed by atoms with Gasteiger partial charge < -0.3 is 5.32 Å². The molecule has 0 saturated heterocycles. The standard InChI is InChI=1S/C12H15ClN2/c1-3-9(2)15-12-7-10(8-14)5-4-6-11(12)13/h4,6-7,9,15H,3,5H2,1-2H3. The summed E-state index contributed by atoms with van der Waals surface area (Å²) in [5.74, 6) is 0. The van der Waals surface area contributed by atoms with E-state index in [0.29, 0.717) is 17.5 Å². The first kappa shape index (κ1) is 11.9. The molecule has 1 aliphatic carbocycles. The zero-order valence-corrected chi connectivity index (χ0v) is 9.80. The van der Waals surface area contributed by atoms with Gasteiger partial charge in [-0.15, -0.1) is 0 Å². The number of rotatable bonds is 3. The molecule has 0 spiro atoms. The van der Waals surface area contributed by atoms with E-state index in [1.54, 1.807) is 0 Å². The van der Waals surface area contributed by atoms with Crippen LogP contribution in [0.2, 0.25) is 0 Å². The fourth-order valence-corrected chi connectivity index (χ4v) is 1.44. The maximum absolute atomic E-state index is 8.87. The first-order chi connectivity index (χ1) is 7.17. The second-order valence-corrected chi connectivity index (χ2v) is 4.01. The highest BCUT2D eigenvalue weighted by atomic mass is 35.5. The van der Waals surface area contributed by atoms with E-state index < -0.39 is 0 Å². The lowest BCUT2D eigenvalue weighted by Crippen LogP contribution is -2.24. The van der Waals surface area contributed by atoms with Crippen molar-refractivity contribution in [2.45, 2.75) is 32.7 Å². The molecule has 0 aromatic heterocycles. The van der Waals surface area contributed by atoms with Gasteiger partial charge in [-0.1, -0.05) is 24.6 Å². The largest absolute Gasteiger partial charge is 0.381 e. The van der Waals surface area contributed by atoms with Crippen molar-refractivity contribution in [2.24, 2.45) is 0 Å². The number of allylic oxidation sites excluding steroid dienone is 5. The third-order valence-corrected chi connectivity index (χ3v) is 2.67. The minimum absolute atomic E-state index is 0.358. The summed E-state index contributed by atoms with van der Waals surface area (Å²) in [5, 5.41) is 12.8. The van der Waals surface area contributed by atoms with Crippen molar-refractivity contribution in [3.8, 4) is 6.07 Å². The van der Waals surface area contributed by atoms with E-state index in [1.807, 2.05) is 18.2 Å². The molecule has 0 aromatic carbocycles. The van der Waals surface area contributed by atoms with Gasteiger partial charge >= 0.3 is 0 Å². The van der Waals surface area contributed by atoms with E-state index >= 15 is 0 Å². The summed E-state index contributed by atoms with van der Waals surface area (Å²) in [6, 6.07) is 2.52. The van der Waals surface area contributed by atoms with E-state index in [-0.39, 0.29) is 0 Å². The summed E-state index contributed by atoms with van der Waals surface area (Å²) in [4.78, 5) is 0. The van der Waals surface area contributed by atoms with Crippen molar-refractivity contribution in [3.05, 3.63) is 34.5 Å². The lowest BCUT2D eigenvalue weighted by molar-refractivity contribution is 0.603. The summed E-state index contributed by atoms with van der Waals surface area (Å²) in [6.45, 7) is 4.19. The highest BCUT2D eigenvalue weighted by Gasteiger charge is 2.07. The number of hydrogen-bond acceptors (Lipinski definition) is 2. The smallest absolute Gasteiger partial charge is 0.0951 e. The molecule has 0 bridgehead atoms. The van der Waals surface area contributed by atoms with Crippen LogP contribution in [0.1, 0.15) is 26.7 Å². The molecule has 1 atom stereocenters. The Morgan fingerprint density at radius 1 is 1.67 bits per heavy atom. The molecule has 3 heteroatoms. The highest BCUT2D eigenvalue weighted by molar-refractivity contribution is 6.31. The van der Waals surface area contributed by atoms with Crippen LogP contribution in [0.25, 0.3) is 0 Å². The first-order valence-electron chi connectivity index (χ1n) is 5.11. The highest BCUT2D eigenvalue weighted by Crippen LogP contribution is 2.19. The van der Waals surface area contributed by atoms with Crippen molar-refractivity contribution in [3.63, 3.8) is 0 Å². The predicted molar refractivity (Wildman–Crippen MR) is 63.2 cm³/mol. The van der Waals surface area contributed by atoms with E-state index in [2.05, 4.69) is 25.2 Å². The van der Waals surface area contributed by atoms with Gasteiger partial charge in [0.1, 0.15) is 0 Å². The van der Waals surface area contributed by atoms with Gasteiger partial charge in [0.15, 0.2) is 0 Å². The van der Waals surface area contributed by atoms with Crippen LogP contribution < -0.4 is 5.32 Å². The Morgan fingerprint density at radius 3 is 3.00 bits per heavy atom. The van der Waals surface area contributed by atoms with E-state index in [1.165, 1.54) is 0 Å². The van der Waals surface area contributed by atoms with Crippen LogP contribution in [0.4, 0.5) is 0 Å². The summed E-state index contributed by atoms with van der Waals surface area (Å²) >= 11 is 6.09. The van der Waals surface area contributed by atoms with Crippen LogP contribution in [-0.2, 0) is 0 Å². The number of nitrogens with one attached hydrogen (secondary N) is 1. The summed E-state index contributed by atoms with van der Waals surface area (Å²) < 4.78 is 0. The minimum Gasteiger partial charge on any atom is -0.381 e. The van der Waals surface area contributed by atoms with Crippen molar-refractivity contribution in [2.75, 3.05) is 0 Å². The molecule has 1 rings (SSSR count). The van der Waals surface area contributed by atoms with Crippen LogP contribution in [0.5, 0.6) is 0 Å². The second kappa shape index (κ2) is 5.63. The number of hydrogen-bond donors (Lipinski definition) is 1. The Hall–Kier alpha value is -1.20. The van der Waals surface area contributed by atoms with Crippen molar-refractivity contribution in [1.82, 2.24) is 5.32 Å². The molecule has 0 radical (unpaired) electrons. The van der Waals surface area contributed by atoms with Crippen LogP contribution in [0.15, 0.2) is 34.5 Å². The monoisotopic (exact) mass is 222 g/mol. The maximum atomic E-state index is 8.87. The second-order valence-electron chi connectivity index (χ2n) is 3.60. The Labute approximate surface area is 95.9 Å². The molecular weight excluding hydrogens is 208 g/mol. The number of halogens is 1. The number of nitriles is 1. The van der Waals surface area contributed by atoms with Crippen LogP contribution in [0.3, 0.4) is 0 Å². The molecule has 80 valence electrons. The predicted octanol–water partition coefficient (Wildman–Crippen LogP) is 3.23. The normalized spacial score (nSPS) is 17.9. The lowest BCUT2D eigenvalue weighted by Gasteiger charge is -2.14. The first-order valence-corrected chi connectivity index (χ1v) is 5.48. The van der Waals surface area contributed by atoms with Gasteiger partial charge in [-0.25, -0.2) is 0 Å². The summed E-state index contributed by atoms with van der Waals surface area (Å²) in [5.41, 5.74) is 1.57. The molecule has 1 unspecified atom stereocenters. The minimum atomic E-state index is 0.358. The van der Waals surface area contributed by atoms with E-state index in [9.17, 15) is 0 Å². The van der Waals surface area contributed by atoms with Crippen molar-refractivity contribution in [1.29, 1.82) is 5.26 Å². The molecule has 1 N–H and O–H groups in total. The van der Waals surface area contributed by atoms with Gasteiger partial charge in [-0.05, 0) is 25.5 Å². The average Bonchev–Trinajstić information content (AvgIpc) is 2.41. The molecule has 0 heterocycles. The van der Waals surface area contributed by atoms with Gasteiger partial charge in [0.05, 0.1) is 16.8 Å². The third-order valence-electron chi connectivity index (χ3n) is 2.34. The summed E-state index contributed by atoms with van der Waals surface area (Å²) in [7, 11) is 0. The maximum Gasteiger partial charge on any atom is 0.0951 e.